The van der Waals surface area contributed by atoms with Gasteiger partial charge in [0, 0.05) is 19.1 Å². The molecule has 1 fully saturated rings. The third-order valence-electron chi connectivity index (χ3n) is 3.54. The monoisotopic (exact) mass is 282 g/mol. The fourth-order valence-electron chi connectivity index (χ4n) is 2.56. The Hall–Kier alpha value is -1.49. The fourth-order valence-corrected chi connectivity index (χ4v) is 2.56. The first kappa shape index (κ1) is 14.9. The van der Waals surface area contributed by atoms with E-state index >= 15 is 0 Å². The second kappa shape index (κ2) is 6.79. The zero-order valence-corrected chi connectivity index (χ0v) is 11.7. The summed E-state index contributed by atoms with van der Waals surface area (Å²) in [6, 6.07) is 3.25. The summed E-state index contributed by atoms with van der Waals surface area (Å²) in [6.45, 7) is 4.01. The fraction of sp³-hybridized carbons (Fsp3) is 0.533. The number of amides is 1. The first-order valence-corrected chi connectivity index (χ1v) is 7.09. The van der Waals surface area contributed by atoms with E-state index in [1.165, 1.54) is 0 Å². The van der Waals surface area contributed by atoms with Gasteiger partial charge in [0.25, 0.3) is 5.91 Å². The Morgan fingerprint density at radius 1 is 1.45 bits per heavy atom. The zero-order chi connectivity index (χ0) is 14.5. The van der Waals surface area contributed by atoms with Crippen LogP contribution in [0.4, 0.5) is 8.78 Å². The van der Waals surface area contributed by atoms with Crippen molar-refractivity contribution in [1.82, 2.24) is 10.2 Å². The predicted molar refractivity (Wildman–Crippen MR) is 73.6 cm³/mol. The minimum Gasteiger partial charge on any atom is -0.337 e. The molecule has 0 radical (unpaired) electrons. The Labute approximate surface area is 118 Å². The first-order chi connectivity index (χ1) is 9.61. The second-order valence-corrected chi connectivity index (χ2v) is 5.17. The summed E-state index contributed by atoms with van der Waals surface area (Å²) in [5, 5.41) is 3.32. The lowest BCUT2D eigenvalue weighted by atomic mass is 10.1. The zero-order valence-electron chi connectivity index (χ0n) is 11.7. The molecule has 1 saturated heterocycles. The standard InChI is InChI=1S/C15H20F2N2O/c1-2-8-19(10-12-4-3-7-18-12)15(20)13-9-11(16)5-6-14(13)17/h5-6,9,12,18H,2-4,7-8,10H2,1H3. The van der Waals surface area contributed by atoms with Gasteiger partial charge in [-0.2, -0.15) is 0 Å². The summed E-state index contributed by atoms with van der Waals surface area (Å²) >= 11 is 0. The van der Waals surface area contributed by atoms with Crippen LogP contribution in [-0.4, -0.2) is 36.5 Å². The molecule has 1 aromatic rings. The van der Waals surface area contributed by atoms with E-state index in [-0.39, 0.29) is 11.6 Å². The van der Waals surface area contributed by atoms with Gasteiger partial charge in [0.2, 0.25) is 0 Å². The number of rotatable bonds is 5. The van der Waals surface area contributed by atoms with Crippen LogP contribution >= 0.6 is 0 Å². The third kappa shape index (κ3) is 3.54. The highest BCUT2D eigenvalue weighted by Gasteiger charge is 2.24. The van der Waals surface area contributed by atoms with Crippen molar-refractivity contribution >= 4 is 5.91 Å². The summed E-state index contributed by atoms with van der Waals surface area (Å²) in [7, 11) is 0. The molecule has 5 heteroatoms. The van der Waals surface area contributed by atoms with Crippen molar-refractivity contribution in [2.24, 2.45) is 0 Å². The maximum Gasteiger partial charge on any atom is 0.256 e. The van der Waals surface area contributed by atoms with Gasteiger partial charge in [-0.25, -0.2) is 8.78 Å². The van der Waals surface area contributed by atoms with Gasteiger partial charge in [-0.1, -0.05) is 6.92 Å². The quantitative estimate of drug-likeness (QED) is 0.900. The summed E-state index contributed by atoms with van der Waals surface area (Å²) in [5.74, 6) is -1.69. The highest BCUT2D eigenvalue weighted by molar-refractivity contribution is 5.94. The largest absolute Gasteiger partial charge is 0.337 e. The lowest BCUT2D eigenvalue weighted by molar-refractivity contribution is 0.0736. The Morgan fingerprint density at radius 3 is 2.90 bits per heavy atom. The van der Waals surface area contributed by atoms with Gasteiger partial charge < -0.3 is 10.2 Å². The number of benzene rings is 1. The molecule has 0 aliphatic carbocycles. The molecule has 0 bridgehead atoms. The maximum atomic E-state index is 13.7. The molecule has 3 nitrogen and oxygen atoms in total. The summed E-state index contributed by atoms with van der Waals surface area (Å²) in [4.78, 5) is 14.0. The molecule has 1 aliphatic rings. The minimum atomic E-state index is -0.670. The maximum absolute atomic E-state index is 13.7. The van der Waals surface area contributed by atoms with Crippen LogP contribution in [-0.2, 0) is 0 Å². The highest BCUT2D eigenvalue weighted by Crippen LogP contribution is 2.15. The van der Waals surface area contributed by atoms with Gasteiger partial charge >= 0.3 is 0 Å². The van der Waals surface area contributed by atoms with E-state index in [0.29, 0.717) is 13.1 Å². The highest BCUT2D eigenvalue weighted by atomic mass is 19.1. The average molecular weight is 282 g/mol. The molecule has 20 heavy (non-hydrogen) atoms. The van der Waals surface area contributed by atoms with Gasteiger partial charge in [0.15, 0.2) is 0 Å². The van der Waals surface area contributed by atoms with Crippen LogP contribution in [0.5, 0.6) is 0 Å². The molecule has 110 valence electrons. The van der Waals surface area contributed by atoms with Crippen LogP contribution < -0.4 is 5.32 Å². The molecule has 0 saturated carbocycles. The molecule has 1 heterocycles. The summed E-state index contributed by atoms with van der Waals surface area (Å²) in [5.41, 5.74) is -0.184. The SMILES string of the molecule is CCCN(CC1CCCN1)C(=O)c1cc(F)ccc1F. The van der Waals surface area contributed by atoms with Crippen molar-refractivity contribution in [2.45, 2.75) is 32.2 Å². The van der Waals surface area contributed by atoms with E-state index in [1.54, 1.807) is 4.90 Å². The van der Waals surface area contributed by atoms with Crippen LogP contribution in [0, 0.1) is 11.6 Å². The third-order valence-corrected chi connectivity index (χ3v) is 3.54. The summed E-state index contributed by atoms with van der Waals surface area (Å²) in [6.07, 6.45) is 2.89. The topological polar surface area (TPSA) is 32.3 Å². The summed E-state index contributed by atoms with van der Waals surface area (Å²) < 4.78 is 26.9. The molecule has 1 N–H and O–H groups in total. The molecular formula is C15H20F2N2O. The molecule has 1 aliphatic heterocycles. The number of nitrogens with zero attached hydrogens (tertiary/aromatic N) is 1. The number of carbonyl (C=O) groups is 1. The molecule has 1 amide bonds. The van der Waals surface area contributed by atoms with E-state index in [0.717, 1.165) is 44.0 Å². The van der Waals surface area contributed by atoms with Gasteiger partial charge in [-0.3, -0.25) is 4.79 Å². The van der Waals surface area contributed by atoms with Gasteiger partial charge in [0.1, 0.15) is 11.6 Å². The van der Waals surface area contributed by atoms with Crippen LogP contribution in [0.15, 0.2) is 18.2 Å². The van der Waals surface area contributed by atoms with Gasteiger partial charge in [-0.05, 0) is 44.0 Å². The molecule has 1 aromatic carbocycles. The van der Waals surface area contributed by atoms with Crippen LogP contribution in [0.25, 0.3) is 0 Å². The van der Waals surface area contributed by atoms with E-state index in [1.807, 2.05) is 6.92 Å². The Balaban J connectivity index is 2.14. The molecular weight excluding hydrogens is 262 g/mol. The Bertz CT molecular complexity index is 473. The van der Waals surface area contributed by atoms with E-state index in [9.17, 15) is 13.6 Å². The van der Waals surface area contributed by atoms with E-state index in [4.69, 9.17) is 0 Å². The van der Waals surface area contributed by atoms with Crippen molar-refractivity contribution in [2.75, 3.05) is 19.6 Å². The van der Waals surface area contributed by atoms with E-state index < -0.39 is 17.5 Å². The first-order valence-electron chi connectivity index (χ1n) is 7.09. The van der Waals surface area contributed by atoms with Crippen molar-refractivity contribution < 1.29 is 13.6 Å². The van der Waals surface area contributed by atoms with Crippen LogP contribution in [0.2, 0.25) is 0 Å². The average Bonchev–Trinajstić information content (AvgIpc) is 2.93. The van der Waals surface area contributed by atoms with Gasteiger partial charge in [-0.15, -0.1) is 0 Å². The van der Waals surface area contributed by atoms with Crippen molar-refractivity contribution in [1.29, 1.82) is 0 Å². The van der Waals surface area contributed by atoms with Crippen molar-refractivity contribution in [3.8, 4) is 0 Å². The molecule has 1 atom stereocenters. The smallest absolute Gasteiger partial charge is 0.256 e. The van der Waals surface area contributed by atoms with Gasteiger partial charge in [0.05, 0.1) is 5.56 Å². The number of hydrogen-bond acceptors (Lipinski definition) is 2. The van der Waals surface area contributed by atoms with E-state index in [2.05, 4.69) is 5.32 Å². The Kier molecular flexibility index (Phi) is 5.06. The van der Waals surface area contributed by atoms with Crippen LogP contribution in [0.1, 0.15) is 36.5 Å². The molecule has 0 spiro atoms. The van der Waals surface area contributed by atoms with Crippen LogP contribution in [0.3, 0.4) is 0 Å². The molecule has 1 unspecified atom stereocenters. The number of hydrogen-bond donors (Lipinski definition) is 1. The lowest BCUT2D eigenvalue weighted by Gasteiger charge is -2.25. The van der Waals surface area contributed by atoms with Crippen molar-refractivity contribution in [3.63, 3.8) is 0 Å². The predicted octanol–water partition coefficient (Wildman–Crippen LogP) is 2.57. The number of carbonyl (C=O) groups excluding carboxylic acids is 1. The molecule has 2 rings (SSSR count). The van der Waals surface area contributed by atoms with Crippen molar-refractivity contribution in [3.05, 3.63) is 35.4 Å². The minimum absolute atomic E-state index is 0.184. The second-order valence-electron chi connectivity index (χ2n) is 5.17. The lowest BCUT2D eigenvalue weighted by Crippen LogP contribution is -2.41. The normalized spacial score (nSPS) is 18.2. The molecule has 0 aromatic heterocycles. The number of nitrogens with one attached hydrogen (secondary N) is 1. The number of halogens is 2. The Morgan fingerprint density at radius 2 is 2.25 bits per heavy atom.